The molecule has 0 bridgehead atoms. The van der Waals surface area contributed by atoms with Crippen LogP contribution in [0, 0.1) is 65.1 Å². The maximum absolute atomic E-state index is 13.1. The third-order valence-corrected chi connectivity index (χ3v) is 21.2. The number of aromatic carboxylic acids is 1. The Morgan fingerprint density at radius 2 is 0.934 bits per heavy atom. The zero-order valence-electron chi connectivity index (χ0n) is 61.6. The number of H-pyrrole nitrogens is 4. The fraction of sp³-hybridized carbons (Fsp3) is 0.453. The van der Waals surface area contributed by atoms with Crippen molar-refractivity contribution in [2.24, 2.45) is 52.9 Å². The number of carbonyl (C=O) groups is 5. The molecule has 15 N–H and O–H groups in total. The largest absolute Gasteiger partial charge is 0.477 e. The molecule has 4 aromatic heterocycles. The van der Waals surface area contributed by atoms with Crippen molar-refractivity contribution in [1.82, 2.24) is 56.7 Å². The second-order valence-electron chi connectivity index (χ2n) is 31.6. The predicted octanol–water partition coefficient (Wildman–Crippen LogP) is 12.1. The highest BCUT2D eigenvalue weighted by atomic mass is 16.6. The lowest BCUT2D eigenvalue weighted by atomic mass is 10.1. The second kappa shape index (κ2) is 34.7. The number of amides is 4. The minimum Gasteiger partial charge on any atom is -0.477 e. The van der Waals surface area contributed by atoms with E-state index < -0.39 is 17.7 Å². The standard InChI is InChI=1S/C32H38N4O3.2C20H28N4O.C14H11NO2/c1-32(2,3)39-31(38)34-18-25-15-27(36(21-25)20-24-7-5-4-6-8-24)19-33-30(37)29-17-26-14-13-23(16-28(26)35-29)12-11-22-9-10-22;2*21-10-15-7-17(22-11-15)12-23-20(25)19-9-16-6-5-14(8-18(16)24-19)4-3-13-1-2-13;16-14(17)13-8-11-6-5-10(7-12(11)15-13)4-3-9-1-2-9/h4-8,13-14,16-17,22,25,27,35H,9-10,15,18-21H2,1-3H3,(H,33,37)(H,34,38);2*5-6,8-9,13,15,17,22,24H,1-4,7,10-12,21H2,(H,23,25);5-9,15H,1-2H2,(H,16,17)/t25-,27-;2*15-,17-;/m000./s1. The summed E-state index contributed by atoms with van der Waals surface area (Å²) in [5.41, 5.74) is 22.6. The number of carboxylic acids is 1. The van der Waals surface area contributed by atoms with Crippen molar-refractivity contribution in [3.8, 4) is 23.7 Å². The number of carbonyl (C=O) groups excluding carboxylic acids is 4. The first-order valence-electron chi connectivity index (χ1n) is 38.6. The fourth-order valence-electron chi connectivity index (χ4n) is 14.3. The molecule has 7 aliphatic rings. The Hall–Kier alpha value is -9.67. The van der Waals surface area contributed by atoms with Crippen molar-refractivity contribution in [1.29, 1.82) is 0 Å². The molecule has 0 radical (unpaired) electrons. The van der Waals surface area contributed by atoms with Crippen LogP contribution in [-0.2, 0) is 24.1 Å². The maximum atomic E-state index is 13.1. The van der Waals surface area contributed by atoms with Crippen LogP contribution >= 0.6 is 0 Å². The SMILES string of the molecule is CC(C)(C)OC(=O)NC[C@@H]1C[C@@H](CNC(=O)c2cc3ccc(C#CC4CC4)cc3[nH]2)N(Cc2ccccc2)C1.NC[C@H]1CN[C@H](CNC(=O)c2cc3ccc(CCC4CC4)cc3[nH]2)C1.NC[C@H]1CN[C@H](CNC(=O)c2cc3ccc(CCC4CC4)cc3[nH]2)C1.O=C(O)c1cc2ccc(C#CC3CC3)cc2[nH]1. The van der Waals surface area contributed by atoms with E-state index in [1.165, 1.54) is 80.9 Å². The molecule has 20 nitrogen and oxygen atoms in total. The summed E-state index contributed by atoms with van der Waals surface area (Å²) >= 11 is 0. The van der Waals surface area contributed by atoms with Crippen molar-refractivity contribution in [2.75, 3.05) is 58.9 Å². The molecule has 6 atom stereocenters. The summed E-state index contributed by atoms with van der Waals surface area (Å²) in [6.07, 6.45) is 17.8. The third kappa shape index (κ3) is 22.0. The van der Waals surface area contributed by atoms with Crippen molar-refractivity contribution in [3.05, 3.63) is 178 Å². The molecule has 0 spiro atoms. The van der Waals surface area contributed by atoms with E-state index in [0.717, 1.165) is 125 Å². The number of aromatic nitrogens is 4. The topological polar surface area (TPSA) is 305 Å². The minimum atomic E-state index is -0.938. The van der Waals surface area contributed by atoms with Gasteiger partial charge in [0, 0.05) is 124 Å². The normalized spacial score (nSPS) is 20.4. The lowest BCUT2D eigenvalue weighted by Gasteiger charge is -2.24. The van der Waals surface area contributed by atoms with Gasteiger partial charge in [0.1, 0.15) is 28.4 Å². The molecule has 20 heteroatoms. The highest BCUT2D eigenvalue weighted by molar-refractivity contribution is 6.00. The number of carboxylic acid groups (broad SMARTS) is 1. The van der Waals surface area contributed by atoms with Crippen LogP contribution in [0.15, 0.2) is 127 Å². The Labute approximate surface area is 621 Å². The fourth-order valence-corrected chi connectivity index (χ4v) is 14.3. The summed E-state index contributed by atoms with van der Waals surface area (Å²) in [4.78, 5) is 76.1. The van der Waals surface area contributed by atoms with E-state index in [4.69, 9.17) is 21.3 Å². The zero-order chi connectivity index (χ0) is 73.7. The number of likely N-dealkylation sites (tertiary alicyclic amines) is 1. The molecule has 3 aliphatic heterocycles. The molecular weight excluding hydrogens is 1330 g/mol. The van der Waals surface area contributed by atoms with Gasteiger partial charge in [-0.05, 0) is 225 Å². The van der Waals surface area contributed by atoms with Crippen LogP contribution < -0.4 is 43.4 Å². The first-order valence-corrected chi connectivity index (χ1v) is 38.6. The molecule has 3 saturated heterocycles. The summed E-state index contributed by atoms with van der Waals surface area (Å²) in [6, 6.07) is 43.4. The van der Waals surface area contributed by atoms with E-state index in [1.54, 1.807) is 6.07 Å². The average molecular weight is 1430 g/mol. The van der Waals surface area contributed by atoms with Crippen LogP contribution in [-0.4, -0.2) is 142 Å². The number of hydrogen-bond donors (Lipinski definition) is 13. The Bertz CT molecular complexity index is 4550. The third-order valence-electron chi connectivity index (χ3n) is 21.2. The number of rotatable bonds is 22. The Morgan fingerprint density at radius 3 is 1.37 bits per heavy atom. The summed E-state index contributed by atoms with van der Waals surface area (Å²) < 4.78 is 5.40. The van der Waals surface area contributed by atoms with Gasteiger partial charge in [0.25, 0.3) is 17.7 Å². The highest BCUT2D eigenvalue weighted by Crippen LogP contribution is 2.36. The van der Waals surface area contributed by atoms with E-state index in [2.05, 4.69) is 129 Å². The van der Waals surface area contributed by atoms with Gasteiger partial charge in [0.05, 0.1) is 0 Å². The van der Waals surface area contributed by atoms with Crippen LogP contribution in [0.4, 0.5) is 4.79 Å². The molecule has 5 aromatic carbocycles. The van der Waals surface area contributed by atoms with E-state index in [-0.39, 0.29) is 35.4 Å². The van der Waals surface area contributed by atoms with Gasteiger partial charge in [-0.1, -0.05) is 116 Å². The van der Waals surface area contributed by atoms with Crippen molar-refractivity contribution < 1.29 is 33.8 Å². The van der Waals surface area contributed by atoms with E-state index >= 15 is 0 Å². The number of nitrogens with zero attached hydrogens (tertiary/aromatic N) is 1. The summed E-state index contributed by atoms with van der Waals surface area (Å²) in [6.45, 7) is 12.9. The number of hydrogen-bond acceptors (Lipinski definition) is 11. The summed E-state index contributed by atoms with van der Waals surface area (Å²) in [5, 5.41) is 32.0. The molecule has 106 heavy (non-hydrogen) atoms. The minimum absolute atomic E-state index is 0.0336. The number of ether oxygens (including phenoxy) is 1. The summed E-state index contributed by atoms with van der Waals surface area (Å²) in [5.74, 6) is 16.1. The van der Waals surface area contributed by atoms with E-state index in [9.17, 15) is 24.0 Å². The predicted molar refractivity (Wildman–Crippen MR) is 419 cm³/mol. The van der Waals surface area contributed by atoms with Gasteiger partial charge in [0.2, 0.25) is 0 Å². The van der Waals surface area contributed by atoms with Gasteiger partial charge in [-0.15, -0.1) is 0 Å². The van der Waals surface area contributed by atoms with Crippen molar-refractivity contribution >= 4 is 73.4 Å². The van der Waals surface area contributed by atoms with Gasteiger partial charge in [-0.25, -0.2) is 9.59 Å². The monoisotopic (exact) mass is 1430 g/mol. The lowest BCUT2D eigenvalue weighted by molar-refractivity contribution is 0.0518. The van der Waals surface area contributed by atoms with Gasteiger partial charge in [-0.3, -0.25) is 19.3 Å². The number of fused-ring (bicyclic) bond motifs is 4. The average Bonchev–Trinajstić information content (AvgIpc) is 1.69. The number of benzene rings is 5. The van der Waals surface area contributed by atoms with Gasteiger partial charge in [-0.2, -0.15) is 0 Å². The molecule has 9 aromatic rings. The second-order valence-corrected chi connectivity index (χ2v) is 31.6. The van der Waals surface area contributed by atoms with Gasteiger partial charge < -0.3 is 73.1 Å². The van der Waals surface area contributed by atoms with Crippen LogP contribution in [0.25, 0.3) is 43.6 Å². The molecule has 0 unspecified atom stereocenters. The van der Waals surface area contributed by atoms with Crippen LogP contribution in [0.3, 0.4) is 0 Å². The molecule has 16 rings (SSSR count). The van der Waals surface area contributed by atoms with Crippen molar-refractivity contribution in [3.63, 3.8) is 0 Å². The molecule has 7 fully saturated rings. The first-order chi connectivity index (χ1) is 51.4. The Morgan fingerprint density at radius 1 is 0.491 bits per heavy atom. The van der Waals surface area contributed by atoms with E-state index in [1.807, 2.05) is 93.6 Å². The highest BCUT2D eigenvalue weighted by Gasteiger charge is 2.34. The first kappa shape index (κ1) is 74.6. The van der Waals surface area contributed by atoms with Gasteiger partial charge in [0.15, 0.2) is 0 Å². The van der Waals surface area contributed by atoms with Gasteiger partial charge >= 0.3 is 12.1 Å². The molecule has 4 aliphatic carbocycles. The van der Waals surface area contributed by atoms with E-state index in [0.29, 0.717) is 92.1 Å². The number of nitrogens with one attached hydrogen (secondary N) is 10. The van der Waals surface area contributed by atoms with Crippen LogP contribution in [0.1, 0.15) is 174 Å². The number of alkyl carbamates (subject to hydrolysis) is 1. The Kier molecular flexibility index (Phi) is 24.4. The van der Waals surface area contributed by atoms with Crippen LogP contribution in [0.5, 0.6) is 0 Å². The summed E-state index contributed by atoms with van der Waals surface area (Å²) in [7, 11) is 0. The lowest BCUT2D eigenvalue weighted by Crippen LogP contribution is -2.39. The quantitative estimate of drug-likeness (QED) is 0.0282. The smallest absolute Gasteiger partial charge is 0.407 e. The zero-order valence-corrected chi connectivity index (χ0v) is 61.6. The van der Waals surface area contributed by atoms with Crippen molar-refractivity contribution in [2.45, 2.75) is 147 Å². The molecular formula is C86H105N13O7. The number of aromatic amines is 4. The number of aryl methyl sites for hydroxylation is 2. The molecule has 4 amide bonds. The maximum Gasteiger partial charge on any atom is 0.407 e. The number of nitrogens with two attached hydrogens (primary N) is 2. The molecule has 7 heterocycles. The van der Waals surface area contributed by atoms with Crippen LogP contribution in [0.2, 0.25) is 0 Å². The molecule has 4 saturated carbocycles. The Balaban J connectivity index is 0.000000130. The molecule has 556 valence electrons.